The maximum atomic E-state index is 13.4. The van der Waals surface area contributed by atoms with Crippen LogP contribution in [0, 0.1) is 17.5 Å². The van der Waals surface area contributed by atoms with Gasteiger partial charge in [0.1, 0.15) is 51.8 Å². The molecule has 9 heterocycles. The molecular weight excluding hydrogens is 1340 g/mol. The zero-order chi connectivity index (χ0) is 72.7. The predicted molar refractivity (Wildman–Crippen MR) is 391 cm³/mol. The number of aromatic nitrogens is 12. The number of hydrogen-bond acceptors (Lipinski definition) is 19. The Morgan fingerprint density at radius 3 is 0.990 bits per heavy atom. The number of pyridine rings is 3. The summed E-state index contributed by atoms with van der Waals surface area (Å²) in [5.41, 5.74) is 8.23. The average molecular weight is 1420 g/mol. The molecule has 2 amide bonds. The number of fused-ring (bicyclic) bond motifs is 3. The highest BCUT2D eigenvalue weighted by molar-refractivity contribution is 6.46. The molecule has 0 spiro atoms. The van der Waals surface area contributed by atoms with Gasteiger partial charge in [-0.15, -0.1) is 12.4 Å². The Balaban J connectivity index is 0.000000179. The number of amides is 2. The van der Waals surface area contributed by atoms with Crippen molar-refractivity contribution in [3.05, 3.63) is 198 Å². The minimum Gasteiger partial charge on any atom is -0.463 e. The highest BCUT2D eigenvalue weighted by Gasteiger charge is 2.27. The van der Waals surface area contributed by atoms with Crippen LogP contribution in [0.5, 0.6) is 0 Å². The number of nitrogens with one attached hydrogen (secondary N) is 8. The van der Waals surface area contributed by atoms with Crippen LogP contribution < -0.4 is 26.6 Å². The lowest BCUT2D eigenvalue weighted by atomic mass is 10.0. The van der Waals surface area contributed by atoms with Crippen molar-refractivity contribution in [3.8, 4) is 34.2 Å². The molecule has 0 unspecified atom stereocenters. The number of carbonyl (C=O) groups is 6. The minimum absolute atomic E-state index is 0. The second-order valence-electron chi connectivity index (χ2n) is 24.4. The topological polar surface area (TPSA) is 335 Å². The van der Waals surface area contributed by atoms with Crippen LogP contribution in [0.3, 0.4) is 0 Å². The molecule has 0 radical (unpaired) electrons. The summed E-state index contributed by atoms with van der Waals surface area (Å²) in [7, 11) is 1.15. The molecule has 0 bridgehead atoms. The molecule has 103 heavy (non-hydrogen) atoms. The largest absolute Gasteiger partial charge is 0.463 e. The van der Waals surface area contributed by atoms with Gasteiger partial charge in [0.25, 0.3) is 29.2 Å². The number of esters is 1. The first-order valence-corrected chi connectivity index (χ1v) is 33.0. The van der Waals surface area contributed by atoms with Crippen molar-refractivity contribution in [2.75, 3.05) is 36.1 Å². The summed E-state index contributed by atoms with van der Waals surface area (Å²) in [6.07, 6.45) is 17.8. The molecule has 0 aliphatic heterocycles. The molecule has 8 N–H and O–H groups in total. The van der Waals surface area contributed by atoms with Crippen molar-refractivity contribution < 1.29 is 46.7 Å². The van der Waals surface area contributed by atoms with E-state index in [4.69, 9.17) is 9.97 Å². The standard InChI is InChI=1S/2C26H27FN6O2.C23H20FN5O3.ClH/c2*1-4-5-11-29-26(35)22(34)19-14-31-25-21(19)20(10-12-28-25)32-24-18(15(2)3)13-30-23(33-24)16-6-8-17(27)9-7-16;1-12(2)15-10-26-20(13-4-6-14(24)7-5-13)29-21(15)28-17-8-9-25-22-18(17)16(11-27-22)19(30)23(31)32-3;/h2*6-10,12-15H,4-5,11H2,1-3H3,(H,29,35)(H2,28,30,31,32,33);4-12H,1-3H3,(H2,25,26,27,28,29);1H. The Labute approximate surface area is 596 Å². The predicted octanol–water partition coefficient (Wildman–Crippen LogP) is 15.1. The summed E-state index contributed by atoms with van der Waals surface area (Å²) in [6.45, 7) is 17.0. The van der Waals surface area contributed by atoms with Crippen LogP contribution in [0.25, 0.3) is 67.3 Å². The number of rotatable bonds is 24. The molecule has 0 aliphatic carbocycles. The Morgan fingerprint density at radius 2 is 0.718 bits per heavy atom. The van der Waals surface area contributed by atoms with E-state index in [9.17, 15) is 41.9 Å². The summed E-state index contributed by atoms with van der Waals surface area (Å²) in [5, 5.41) is 16.7. The van der Waals surface area contributed by atoms with E-state index in [1.165, 1.54) is 55.0 Å². The van der Waals surface area contributed by atoms with Crippen LogP contribution in [0.15, 0.2) is 147 Å². The van der Waals surface area contributed by atoms with E-state index in [2.05, 4.69) is 81.2 Å². The Morgan fingerprint density at radius 1 is 0.427 bits per heavy atom. The van der Waals surface area contributed by atoms with Crippen LogP contribution in [-0.2, 0) is 19.1 Å². The summed E-state index contributed by atoms with van der Waals surface area (Å²) < 4.78 is 44.7. The lowest BCUT2D eigenvalue weighted by molar-refractivity contribution is -0.135. The molecule has 0 aliphatic rings. The van der Waals surface area contributed by atoms with Crippen molar-refractivity contribution in [1.82, 2.24) is 70.4 Å². The fourth-order valence-electron chi connectivity index (χ4n) is 10.7. The number of unbranched alkanes of at least 4 members (excludes halogenated alkanes) is 2. The molecule has 9 aromatic heterocycles. The Kier molecular flexibility index (Phi) is 25.0. The summed E-state index contributed by atoms with van der Waals surface area (Å²) in [5.74, 6) is -2.14. The molecule has 530 valence electrons. The smallest absolute Gasteiger partial charge is 0.379 e. The Hall–Kier alpha value is -12.1. The molecule has 28 heteroatoms. The van der Waals surface area contributed by atoms with Gasteiger partial charge in [0.2, 0.25) is 0 Å². The lowest BCUT2D eigenvalue weighted by Gasteiger charge is -2.15. The second-order valence-corrected chi connectivity index (χ2v) is 24.4. The van der Waals surface area contributed by atoms with Crippen molar-refractivity contribution in [2.45, 2.75) is 98.8 Å². The van der Waals surface area contributed by atoms with Crippen molar-refractivity contribution >= 4 is 115 Å². The normalized spacial score (nSPS) is 11.0. The number of carbonyl (C=O) groups excluding carboxylic acids is 6. The molecule has 0 saturated heterocycles. The zero-order valence-corrected chi connectivity index (χ0v) is 58.6. The molecule has 12 rings (SSSR count). The monoisotopic (exact) mass is 1420 g/mol. The van der Waals surface area contributed by atoms with Crippen LogP contribution in [-0.4, -0.2) is 115 Å². The number of anilines is 6. The average Bonchev–Trinajstić information content (AvgIpc) is 1.70. The fraction of sp³-hybridized carbons (Fsp3) is 0.240. The minimum atomic E-state index is -0.968. The van der Waals surface area contributed by atoms with E-state index in [-0.39, 0.29) is 64.3 Å². The Bertz CT molecular complexity index is 4830. The number of halogens is 4. The second kappa shape index (κ2) is 34.3. The number of benzene rings is 3. The van der Waals surface area contributed by atoms with Gasteiger partial charge in [-0.05, 0) is 122 Å². The fourth-order valence-corrected chi connectivity index (χ4v) is 10.7. The van der Waals surface area contributed by atoms with Gasteiger partial charge >= 0.3 is 5.97 Å². The third-order valence-corrected chi connectivity index (χ3v) is 16.3. The number of ether oxygens (including phenoxy) is 1. The number of H-pyrrole nitrogens is 3. The van der Waals surface area contributed by atoms with Gasteiger partial charge in [0, 0.05) is 102 Å². The van der Waals surface area contributed by atoms with Crippen LogP contribution in [0.2, 0.25) is 0 Å². The molecule has 3 aromatic carbocycles. The van der Waals surface area contributed by atoms with Gasteiger partial charge in [0.05, 0.1) is 57.0 Å². The van der Waals surface area contributed by atoms with Crippen molar-refractivity contribution in [2.24, 2.45) is 0 Å². The van der Waals surface area contributed by atoms with Crippen molar-refractivity contribution in [3.63, 3.8) is 0 Å². The first-order valence-electron chi connectivity index (χ1n) is 33.0. The number of methoxy groups -OCH3 is 1. The first-order chi connectivity index (χ1) is 49.2. The van der Waals surface area contributed by atoms with Gasteiger partial charge < -0.3 is 46.3 Å². The van der Waals surface area contributed by atoms with Crippen LogP contribution in [0.1, 0.15) is 147 Å². The van der Waals surface area contributed by atoms with Crippen LogP contribution >= 0.6 is 12.4 Å². The molecule has 24 nitrogen and oxygen atoms in total. The summed E-state index contributed by atoms with van der Waals surface area (Å²) in [4.78, 5) is 124. The van der Waals surface area contributed by atoms with Gasteiger partial charge in [-0.3, -0.25) is 24.0 Å². The SMILES string of the molecule is CCCCNC(=O)C(=O)c1c[nH]c2nccc(Nc3nc(-c4ccc(F)cc4)ncc3C(C)C)c12.CCCCNC(=O)C(=O)c1c[nH]c2nccc(Nc3nc(-c4ccc(F)cc4)ncc3C(C)C)c12.COC(=O)C(=O)c1c[nH]c2nccc(Nc3nc(-c4ccc(F)cc4)ncc3C(C)C)c12.Cl. The number of aromatic amines is 3. The van der Waals surface area contributed by atoms with E-state index in [0.717, 1.165) is 49.5 Å². The quantitative estimate of drug-likeness (QED) is 0.0121. The van der Waals surface area contributed by atoms with E-state index in [1.54, 1.807) is 91.8 Å². The molecule has 0 fully saturated rings. The van der Waals surface area contributed by atoms with Gasteiger partial charge in [-0.25, -0.2) is 62.8 Å². The molecule has 12 aromatic rings. The van der Waals surface area contributed by atoms with Gasteiger partial charge in [-0.1, -0.05) is 68.2 Å². The van der Waals surface area contributed by atoms with E-state index >= 15 is 0 Å². The number of nitrogens with zero attached hydrogens (tertiary/aromatic N) is 9. The number of hydrogen-bond donors (Lipinski definition) is 8. The van der Waals surface area contributed by atoms with Gasteiger partial charge in [-0.2, -0.15) is 0 Å². The molecular formula is C75H75ClF3N17O7. The maximum absolute atomic E-state index is 13.4. The number of Topliss-reactive ketones (excluding diaryl/α,β-unsaturated/α-hetero) is 3. The van der Waals surface area contributed by atoms with E-state index < -0.39 is 35.1 Å². The van der Waals surface area contributed by atoms with E-state index in [1.807, 2.05) is 55.4 Å². The third-order valence-electron chi connectivity index (χ3n) is 16.3. The van der Waals surface area contributed by atoms with E-state index in [0.29, 0.717) is 115 Å². The first kappa shape index (κ1) is 75.1. The number of ketones is 3. The summed E-state index contributed by atoms with van der Waals surface area (Å²) >= 11 is 0. The van der Waals surface area contributed by atoms with Crippen molar-refractivity contribution in [1.29, 1.82) is 0 Å². The highest BCUT2D eigenvalue weighted by Crippen LogP contribution is 2.36. The zero-order valence-electron chi connectivity index (χ0n) is 57.8. The molecule has 0 saturated carbocycles. The third kappa shape index (κ3) is 17.7. The van der Waals surface area contributed by atoms with Crippen LogP contribution in [0.4, 0.5) is 47.7 Å². The highest BCUT2D eigenvalue weighted by atomic mass is 35.5. The van der Waals surface area contributed by atoms with Gasteiger partial charge in [0.15, 0.2) is 17.5 Å². The maximum Gasteiger partial charge on any atom is 0.379 e. The summed E-state index contributed by atoms with van der Waals surface area (Å²) in [6, 6.07) is 23.0. The molecule has 0 atom stereocenters. The lowest BCUT2D eigenvalue weighted by Crippen LogP contribution is -2.31.